The molecule has 0 radical (unpaired) electrons. The van der Waals surface area contributed by atoms with Crippen LogP contribution in [0.5, 0.6) is 5.75 Å². The molecule has 6 atom stereocenters. The average molecular weight is 364 g/mol. The van der Waals surface area contributed by atoms with Crippen molar-refractivity contribution in [1.82, 2.24) is 0 Å². The van der Waals surface area contributed by atoms with Crippen LogP contribution in [0, 0.1) is 28.6 Å². The molecule has 3 fully saturated rings. The predicted molar refractivity (Wildman–Crippen MR) is 104 cm³/mol. The summed E-state index contributed by atoms with van der Waals surface area (Å²) in [4.78, 5) is 26.8. The molecule has 2 bridgehead atoms. The minimum Gasteiger partial charge on any atom is -0.497 e. The molecule has 0 heterocycles. The zero-order chi connectivity index (χ0) is 19.0. The highest BCUT2D eigenvalue weighted by Gasteiger charge is 2.78. The summed E-state index contributed by atoms with van der Waals surface area (Å²) in [5.41, 5.74) is 0.583. The molecule has 0 aromatic heterocycles. The van der Waals surface area contributed by atoms with Crippen LogP contribution in [0.1, 0.15) is 51.5 Å². The number of hydrogen-bond donors (Lipinski definition) is 0. The molecule has 1 aromatic carbocycles. The van der Waals surface area contributed by atoms with Crippen LogP contribution in [-0.4, -0.2) is 18.7 Å². The lowest BCUT2D eigenvalue weighted by molar-refractivity contribution is -0.144. The van der Waals surface area contributed by atoms with Gasteiger partial charge in [0.15, 0.2) is 0 Å². The summed E-state index contributed by atoms with van der Waals surface area (Å²) in [5, 5.41) is 0. The van der Waals surface area contributed by atoms with Gasteiger partial charge in [0, 0.05) is 35.0 Å². The summed E-state index contributed by atoms with van der Waals surface area (Å²) in [6, 6.07) is 8.24. The lowest BCUT2D eigenvalue weighted by Crippen LogP contribution is -2.49. The number of benzene rings is 1. The van der Waals surface area contributed by atoms with Gasteiger partial charge in [0.1, 0.15) is 17.3 Å². The Morgan fingerprint density at radius 2 is 1.70 bits per heavy atom. The normalized spacial score (nSPS) is 44.9. The Kier molecular flexibility index (Phi) is 3.40. The molecule has 0 N–H and O–H groups in total. The van der Waals surface area contributed by atoms with Crippen molar-refractivity contribution in [2.45, 2.75) is 51.4 Å². The third-order valence-corrected chi connectivity index (χ3v) is 8.69. The fourth-order valence-electron chi connectivity index (χ4n) is 7.50. The Morgan fingerprint density at radius 1 is 1.00 bits per heavy atom. The summed E-state index contributed by atoms with van der Waals surface area (Å²) < 4.78 is 5.36. The summed E-state index contributed by atoms with van der Waals surface area (Å²) in [6.45, 7) is 4.30. The molecule has 3 heteroatoms. The van der Waals surface area contributed by atoms with Gasteiger partial charge in [0.25, 0.3) is 0 Å². The Bertz CT molecular complexity index is 853. The molecule has 1 aromatic rings. The van der Waals surface area contributed by atoms with Gasteiger partial charge >= 0.3 is 0 Å². The van der Waals surface area contributed by atoms with Crippen molar-refractivity contribution in [2.24, 2.45) is 28.6 Å². The Labute approximate surface area is 161 Å². The SMILES string of the molecule is COc1ccc([C@]23C=C[C@@]4(CCCC[C@]24C)[C@H]2C(=O)C[C@H](C)C(=O)[C@H]23)cc1. The maximum atomic E-state index is 13.5. The number of Topliss-reactive ketones (excluding diaryl/α,β-unsaturated/α-hetero) is 2. The van der Waals surface area contributed by atoms with Crippen LogP contribution in [0.3, 0.4) is 0 Å². The second-order valence-electron chi connectivity index (χ2n) is 9.44. The van der Waals surface area contributed by atoms with Gasteiger partial charge in [-0.15, -0.1) is 0 Å². The van der Waals surface area contributed by atoms with Crippen LogP contribution >= 0.6 is 0 Å². The van der Waals surface area contributed by atoms with E-state index in [0.717, 1.165) is 25.0 Å². The highest BCUT2D eigenvalue weighted by atomic mass is 16.5. The predicted octanol–water partition coefficient (Wildman–Crippen LogP) is 4.49. The monoisotopic (exact) mass is 364 g/mol. The molecule has 0 unspecified atom stereocenters. The van der Waals surface area contributed by atoms with E-state index < -0.39 is 0 Å². The summed E-state index contributed by atoms with van der Waals surface area (Å²) >= 11 is 0. The smallest absolute Gasteiger partial charge is 0.141 e. The van der Waals surface area contributed by atoms with Crippen LogP contribution < -0.4 is 4.74 Å². The number of carbonyl (C=O) groups is 2. The fourth-order valence-corrected chi connectivity index (χ4v) is 7.50. The second-order valence-corrected chi connectivity index (χ2v) is 9.44. The summed E-state index contributed by atoms with van der Waals surface area (Å²) in [7, 11) is 1.67. The topological polar surface area (TPSA) is 43.4 Å². The molecule has 3 nitrogen and oxygen atoms in total. The lowest BCUT2D eigenvalue weighted by atomic mass is 9.52. The molecular formula is C24H28O3. The maximum Gasteiger partial charge on any atom is 0.141 e. The van der Waals surface area contributed by atoms with Crippen molar-refractivity contribution in [3.63, 3.8) is 0 Å². The minimum absolute atomic E-state index is 0.0719. The van der Waals surface area contributed by atoms with Crippen LogP contribution in [-0.2, 0) is 15.0 Å². The van der Waals surface area contributed by atoms with E-state index in [0.29, 0.717) is 18.0 Å². The maximum absolute atomic E-state index is 13.5. The molecule has 0 amide bonds. The first-order chi connectivity index (χ1) is 12.9. The van der Waals surface area contributed by atoms with E-state index >= 15 is 0 Å². The molecule has 0 spiro atoms. The third kappa shape index (κ3) is 1.75. The second kappa shape index (κ2) is 5.33. The molecule has 5 rings (SSSR count). The molecular weight excluding hydrogens is 336 g/mol. The Morgan fingerprint density at radius 3 is 2.41 bits per heavy atom. The van der Waals surface area contributed by atoms with Crippen molar-refractivity contribution in [3.05, 3.63) is 42.0 Å². The van der Waals surface area contributed by atoms with Crippen molar-refractivity contribution >= 4 is 11.6 Å². The number of rotatable bonds is 2. The van der Waals surface area contributed by atoms with Gasteiger partial charge in [0.05, 0.1) is 7.11 Å². The first-order valence-electron chi connectivity index (χ1n) is 10.3. The van der Waals surface area contributed by atoms with E-state index in [2.05, 4.69) is 31.2 Å². The third-order valence-electron chi connectivity index (χ3n) is 8.69. The number of ether oxygens (including phenoxy) is 1. The van der Waals surface area contributed by atoms with Gasteiger partial charge < -0.3 is 4.74 Å². The molecule has 27 heavy (non-hydrogen) atoms. The van der Waals surface area contributed by atoms with Gasteiger partial charge in [-0.1, -0.05) is 51.0 Å². The Hall–Kier alpha value is -1.90. The zero-order valence-electron chi connectivity index (χ0n) is 16.5. The highest BCUT2D eigenvalue weighted by molar-refractivity contribution is 6.01. The van der Waals surface area contributed by atoms with Gasteiger partial charge in [-0.3, -0.25) is 9.59 Å². The number of ketones is 2. The standard InChI is InChI=1S/C24H28O3/c1-15-14-18(25)19-20(21(15)26)24(16-6-8-17(27-3)9-7-16)13-12-23(19)11-5-4-10-22(23,24)2/h6-9,12-13,15,19-20H,4-5,10-11,14H2,1-3H3/t15-,19-,20-,22-,23-,24-/m0/s1. The number of allylic oxidation sites excluding steroid dienone is 2. The van der Waals surface area contributed by atoms with Gasteiger partial charge in [-0.25, -0.2) is 0 Å². The minimum atomic E-state index is -0.369. The van der Waals surface area contributed by atoms with Crippen LogP contribution in [0.15, 0.2) is 36.4 Å². The lowest BCUT2D eigenvalue weighted by Gasteiger charge is -2.50. The molecule has 4 aliphatic carbocycles. The number of carbonyl (C=O) groups excluding carboxylic acids is 2. The van der Waals surface area contributed by atoms with Gasteiger partial charge in [0.2, 0.25) is 0 Å². The average Bonchev–Trinajstić information content (AvgIpc) is 3.06. The molecule has 4 aliphatic rings. The van der Waals surface area contributed by atoms with E-state index in [1.165, 1.54) is 12.0 Å². The van der Waals surface area contributed by atoms with Crippen molar-refractivity contribution in [2.75, 3.05) is 7.11 Å². The fraction of sp³-hybridized carbons (Fsp3) is 0.583. The Balaban J connectivity index is 1.78. The number of hydrogen-bond acceptors (Lipinski definition) is 3. The van der Waals surface area contributed by atoms with Crippen molar-refractivity contribution < 1.29 is 14.3 Å². The van der Waals surface area contributed by atoms with Crippen molar-refractivity contribution in [1.29, 1.82) is 0 Å². The molecule has 3 saturated carbocycles. The van der Waals surface area contributed by atoms with E-state index in [9.17, 15) is 9.59 Å². The van der Waals surface area contributed by atoms with Crippen LogP contribution in [0.4, 0.5) is 0 Å². The van der Waals surface area contributed by atoms with Crippen molar-refractivity contribution in [3.8, 4) is 5.75 Å². The zero-order valence-corrected chi connectivity index (χ0v) is 16.5. The van der Waals surface area contributed by atoms with Gasteiger partial charge in [-0.05, 0) is 36.0 Å². The van der Waals surface area contributed by atoms with Gasteiger partial charge in [-0.2, -0.15) is 0 Å². The molecule has 0 aliphatic heterocycles. The quantitative estimate of drug-likeness (QED) is 0.726. The number of fused-ring (bicyclic) bond motifs is 2. The van der Waals surface area contributed by atoms with E-state index in [-0.39, 0.29) is 34.0 Å². The van der Waals surface area contributed by atoms with Crippen LogP contribution in [0.25, 0.3) is 0 Å². The molecule has 0 saturated heterocycles. The van der Waals surface area contributed by atoms with E-state index in [1.807, 2.05) is 19.1 Å². The molecule has 142 valence electrons. The van der Waals surface area contributed by atoms with E-state index in [1.54, 1.807) is 7.11 Å². The number of methoxy groups -OCH3 is 1. The highest BCUT2D eigenvalue weighted by Crippen LogP contribution is 2.79. The van der Waals surface area contributed by atoms with Crippen LogP contribution in [0.2, 0.25) is 0 Å². The first-order valence-corrected chi connectivity index (χ1v) is 10.3. The summed E-state index contributed by atoms with van der Waals surface area (Å²) in [6.07, 6.45) is 9.53. The first kappa shape index (κ1) is 17.2. The van der Waals surface area contributed by atoms with E-state index in [4.69, 9.17) is 4.74 Å². The largest absolute Gasteiger partial charge is 0.497 e. The summed E-state index contributed by atoms with van der Waals surface area (Å²) in [5.74, 6) is 0.929.